The molecule has 0 unspecified atom stereocenters. The van der Waals surface area contributed by atoms with Gasteiger partial charge in [-0.15, -0.1) is 0 Å². The Labute approximate surface area is 263 Å². The molecule has 1 aliphatic rings. The summed E-state index contributed by atoms with van der Waals surface area (Å²) in [5.74, 6) is 0. The lowest BCUT2D eigenvalue weighted by Gasteiger charge is -2.33. The zero-order chi connectivity index (χ0) is 29.9. The normalized spacial score (nSPS) is 12.7. The molecule has 4 heterocycles. The van der Waals surface area contributed by atoms with E-state index in [0.29, 0.717) is 0 Å². The first kappa shape index (κ1) is 24.1. The largest absolute Gasteiger partial charge is 0.454 e. The van der Waals surface area contributed by atoms with Crippen LogP contribution in [0, 0.1) is 0 Å². The minimum atomic E-state index is 0.902. The highest BCUT2D eigenvalue weighted by atomic mass is 16.3. The maximum absolute atomic E-state index is 6.58. The van der Waals surface area contributed by atoms with Gasteiger partial charge in [0.15, 0.2) is 5.58 Å². The monoisotopic (exact) mass is 587 g/mol. The SMILES string of the molecule is c1ccc(N2c3ccccc3-n3c4c2cccc4c2ccc4c(c5ccccc5n4-c4cccc5c4oc4ccccc45)c23)cc1. The maximum atomic E-state index is 6.58. The van der Waals surface area contributed by atoms with Gasteiger partial charge in [0.2, 0.25) is 0 Å². The molecule has 0 bridgehead atoms. The lowest BCUT2D eigenvalue weighted by atomic mass is 10.1. The summed E-state index contributed by atoms with van der Waals surface area (Å²) in [6.07, 6.45) is 0. The van der Waals surface area contributed by atoms with Crippen LogP contribution in [-0.2, 0) is 0 Å². The van der Waals surface area contributed by atoms with E-state index < -0.39 is 0 Å². The van der Waals surface area contributed by atoms with Gasteiger partial charge in [0, 0.05) is 38.0 Å². The van der Waals surface area contributed by atoms with Crippen molar-refractivity contribution in [2.75, 3.05) is 4.90 Å². The van der Waals surface area contributed by atoms with Crippen LogP contribution in [-0.4, -0.2) is 9.13 Å². The standard InChI is InChI=1S/C42H25N3O/c1-2-12-26(13-3-1)43-33-19-7-8-20-34(33)45-40-28(16-10-21-36(40)43)29-24-25-35-39(41(29)45)31-15-4-6-18-32(31)44(35)37-22-11-17-30-27-14-5-9-23-38(27)46-42(30)37/h1-25H. The lowest BCUT2D eigenvalue weighted by molar-refractivity contribution is 0.666. The van der Waals surface area contributed by atoms with Gasteiger partial charge in [-0.1, -0.05) is 97.1 Å². The minimum Gasteiger partial charge on any atom is -0.454 e. The van der Waals surface area contributed by atoms with Crippen molar-refractivity contribution in [3.05, 3.63) is 152 Å². The summed E-state index contributed by atoms with van der Waals surface area (Å²) < 4.78 is 11.5. The van der Waals surface area contributed by atoms with Crippen molar-refractivity contribution in [3.63, 3.8) is 0 Å². The van der Waals surface area contributed by atoms with Crippen molar-refractivity contribution in [2.45, 2.75) is 0 Å². The topological polar surface area (TPSA) is 26.2 Å². The first-order valence-electron chi connectivity index (χ1n) is 15.7. The molecule has 7 aromatic carbocycles. The van der Waals surface area contributed by atoms with Crippen molar-refractivity contribution in [3.8, 4) is 11.4 Å². The molecule has 3 aromatic heterocycles. The highest BCUT2D eigenvalue weighted by Crippen LogP contribution is 2.51. The minimum absolute atomic E-state index is 0.902. The van der Waals surface area contributed by atoms with Crippen LogP contribution in [0.5, 0.6) is 0 Å². The average Bonchev–Trinajstić information content (AvgIpc) is 3.78. The van der Waals surface area contributed by atoms with Gasteiger partial charge in [0.05, 0.1) is 44.8 Å². The van der Waals surface area contributed by atoms with E-state index in [9.17, 15) is 0 Å². The molecule has 0 saturated heterocycles. The van der Waals surface area contributed by atoms with Crippen LogP contribution < -0.4 is 4.90 Å². The first-order chi connectivity index (χ1) is 22.9. The van der Waals surface area contributed by atoms with Crippen LogP contribution in [0.2, 0.25) is 0 Å². The third-order valence-corrected chi connectivity index (χ3v) is 9.81. The molecule has 0 fully saturated rings. The number of rotatable bonds is 2. The Balaban J connectivity index is 1.33. The molecule has 0 N–H and O–H groups in total. The lowest BCUT2D eigenvalue weighted by Crippen LogP contribution is -2.17. The van der Waals surface area contributed by atoms with E-state index in [4.69, 9.17) is 4.42 Å². The fourth-order valence-corrected chi connectivity index (χ4v) is 8.00. The molecule has 11 rings (SSSR count). The average molecular weight is 588 g/mol. The van der Waals surface area contributed by atoms with Gasteiger partial charge in [0.25, 0.3) is 0 Å². The number of benzene rings is 7. The van der Waals surface area contributed by atoms with E-state index in [1.54, 1.807) is 0 Å². The summed E-state index contributed by atoms with van der Waals surface area (Å²) in [4.78, 5) is 2.40. The molecule has 0 atom stereocenters. The molecule has 0 radical (unpaired) electrons. The maximum Gasteiger partial charge on any atom is 0.159 e. The van der Waals surface area contributed by atoms with E-state index in [1.807, 2.05) is 6.07 Å². The van der Waals surface area contributed by atoms with Crippen molar-refractivity contribution in [1.82, 2.24) is 9.13 Å². The molecule has 10 aromatic rings. The van der Waals surface area contributed by atoms with Crippen LogP contribution in [0.1, 0.15) is 0 Å². The molecular weight excluding hydrogens is 562 g/mol. The molecule has 4 heteroatoms. The molecule has 1 aliphatic heterocycles. The highest BCUT2D eigenvalue weighted by Gasteiger charge is 2.30. The number of furan rings is 1. The summed E-state index contributed by atoms with van der Waals surface area (Å²) in [6.45, 7) is 0. The highest BCUT2D eigenvalue weighted by molar-refractivity contribution is 6.28. The number of hydrogen-bond acceptors (Lipinski definition) is 2. The number of nitrogens with zero attached hydrogens (tertiary/aromatic N) is 3. The van der Waals surface area contributed by atoms with E-state index in [-0.39, 0.29) is 0 Å². The second-order valence-electron chi connectivity index (χ2n) is 12.1. The van der Waals surface area contributed by atoms with Gasteiger partial charge in [-0.2, -0.15) is 0 Å². The fourth-order valence-electron chi connectivity index (χ4n) is 8.00. The summed E-state index contributed by atoms with van der Waals surface area (Å²) in [5, 5.41) is 7.23. The summed E-state index contributed by atoms with van der Waals surface area (Å²) >= 11 is 0. The summed E-state index contributed by atoms with van der Waals surface area (Å²) in [7, 11) is 0. The summed E-state index contributed by atoms with van der Waals surface area (Å²) in [5.41, 5.74) is 12.3. The van der Waals surface area contributed by atoms with Gasteiger partial charge in [-0.25, -0.2) is 0 Å². The molecule has 0 amide bonds. The Morgan fingerprint density at radius 2 is 1.02 bits per heavy atom. The van der Waals surface area contributed by atoms with Gasteiger partial charge in [-0.05, 0) is 54.6 Å². The third kappa shape index (κ3) is 2.94. The van der Waals surface area contributed by atoms with E-state index >= 15 is 0 Å². The predicted octanol–water partition coefficient (Wildman–Crippen LogP) is 11.6. The molecule has 214 valence electrons. The number of aromatic nitrogens is 2. The molecule has 0 aliphatic carbocycles. The van der Waals surface area contributed by atoms with E-state index in [1.165, 1.54) is 49.6 Å². The van der Waals surface area contributed by atoms with Crippen LogP contribution in [0.4, 0.5) is 17.1 Å². The predicted molar refractivity (Wildman–Crippen MR) is 191 cm³/mol. The smallest absolute Gasteiger partial charge is 0.159 e. The van der Waals surface area contributed by atoms with Gasteiger partial charge >= 0.3 is 0 Å². The van der Waals surface area contributed by atoms with Crippen molar-refractivity contribution < 1.29 is 4.42 Å². The van der Waals surface area contributed by atoms with Crippen LogP contribution in [0.15, 0.2) is 156 Å². The summed E-state index contributed by atoms with van der Waals surface area (Å²) in [6, 6.07) is 54.4. The van der Waals surface area contributed by atoms with Crippen molar-refractivity contribution in [2.24, 2.45) is 0 Å². The molecular formula is C42H25N3O. The Morgan fingerprint density at radius 3 is 1.91 bits per heavy atom. The fraction of sp³-hybridized carbons (Fsp3) is 0. The molecule has 0 spiro atoms. The molecule has 46 heavy (non-hydrogen) atoms. The van der Waals surface area contributed by atoms with Gasteiger partial charge < -0.3 is 18.5 Å². The Kier molecular flexibility index (Phi) is 4.55. The number of hydrogen-bond donors (Lipinski definition) is 0. The number of anilines is 3. The number of fused-ring (bicyclic) bond motifs is 12. The van der Waals surface area contributed by atoms with Crippen LogP contribution in [0.3, 0.4) is 0 Å². The van der Waals surface area contributed by atoms with Crippen molar-refractivity contribution in [1.29, 1.82) is 0 Å². The Morgan fingerprint density at radius 1 is 0.370 bits per heavy atom. The quantitative estimate of drug-likeness (QED) is 0.201. The van der Waals surface area contributed by atoms with Crippen molar-refractivity contribution >= 4 is 82.6 Å². The second-order valence-corrected chi connectivity index (χ2v) is 12.1. The van der Waals surface area contributed by atoms with E-state index in [2.05, 4.69) is 160 Å². The Hall–Kier alpha value is -6.26. The zero-order valence-corrected chi connectivity index (χ0v) is 24.7. The van der Waals surface area contributed by atoms with Crippen LogP contribution in [0.25, 0.3) is 76.9 Å². The molecule has 0 saturated carbocycles. The second kappa shape index (κ2) is 8.68. The van der Waals surface area contributed by atoms with Gasteiger partial charge in [-0.3, -0.25) is 0 Å². The number of para-hydroxylation sites is 7. The first-order valence-corrected chi connectivity index (χ1v) is 15.7. The molecule has 4 nitrogen and oxygen atoms in total. The van der Waals surface area contributed by atoms with Gasteiger partial charge in [0.1, 0.15) is 5.58 Å². The zero-order valence-electron chi connectivity index (χ0n) is 24.7. The van der Waals surface area contributed by atoms with E-state index in [0.717, 1.165) is 44.3 Å². The Bertz CT molecular complexity index is 2870. The van der Waals surface area contributed by atoms with Crippen LogP contribution >= 0.6 is 0 Å². The third-order valence-electron chi connectivity index (χ3n) is 9.81.